The fourth-order valence-corrected chi connectivity index (χ4v) is 13.4. The second-order valence-corrected chi connectivity index (χ2v) is 23.6. The van der Waals surface area contributed by atoms with Crippen LogP contribution in [-0.4, -0.2) is 103 Å². The Hall–Kier alpha value is -7.01. The highest BCUT2D eigenvalue weighted by atomic mass is 32.2. The number of ketones is 2. The molecule has 10 rings (SSSR count). The number of hydrogen-bond acceptors (Lipinski definition) is 13. The van der Waals surface area contributed by atoms with Crippen LogP contribution in [0.25, 0.3) is 22.4 Å². The highest BCUT2D eigenvalue weighted by Crippen LogP contribution is 2.44. The SMILES string of the molecule is C[C@H]1[C@H](F)C[C@@H](C(=O)CCc2cc(-c3cnc(C(F)(F)F)nc3)c(C#N)c(C3CC3)n2)N1S(=O)(=O)c1ccc(F)cc1.C[C@H]1[C@H](F)C[C@@H](C(=O)CCc2cc(-c3cnc(C4CC4)nc3)ncc2F)N1S(=O)(=O)c1ccc(F)cc1. The van der Waals surface area contributed by atoms with Crippen LogP contribution >= 0.6 is 0 Å². The number of nitriles is 1. The van der Waals surface area contributed by atoms with Crippen LogP contribution in [0.1, 0.15) is 111 Å². The zero-order valence-electron chi connectivity index (χ0n) is 42.2. The Morgan fingerprint density at radius 1 is 0.658 bits per heavy atom. The van der Waals surface area contributed by atoms with E-state index in [2.05, 4.69) is 36.0 Å². The van der Waals surface area contributed by atoms with E-state index in [1.54, 1.807) is 12.4 Å². The van der Waals surface area contributed by atoms with Crippen molar-refractivity contribution in [2.24, 2.45) is 0 Å². The monoisotopic (exact) mass is 1140 g/mol. The van der Waals surface area contributed by atoms with E-state index in [1.165, 1.54) is 26.0 Å². The number of sulfonamides is 2. The largest absolute Gasteiger partial charge is 0.451 e. The van der Waals surface area contributed by atoms with Crippen LogP contribution in [-0.2, 0) is 48.7 Å². The van der Waals surface area contributed by atoms with Crippen molar-refractivity contribution in [2.45, 2.75) is 142 Å². The van der Waals surface area contributed by atoms with E-state index in [0.29, 0.717) is 28.6 Å². The normalized spacial score (nSPS) is 21.8. The fraction of sp³-hybridized carbons (Fsp3) is 0.389. The molecule has 6 atom stereocenters. The van der Waals surface area contributed by atoms with Crippen LogP contribution in [0.15, 0.2) is 101 Å². The number of benzene rings is 2. The molecule has 6 aromatic rings. The van der Waals surface area contributed by atoms with Gasteiger partial charge in [-0.1, -0.05) is 0 Å². The standard InChI is InChI=1S/C28H24F5N5O3S.C26H25F3N4O3S/c1-15-23(30)11-24(38(15)42(40,41)20-7-4-18(29)5-8-20)25(39)9-6-19-10-21(22(12-34)26(37-19)16-2-3-16)17-13-35-27(36-14-17)28(31,32)33;1-15-21(28)11-24(33(15)37(35,36)20-7-5-19(27)6-8-20)25(34)9-4-17-10-23(30-14-22(17)29)18-12-31-26(32-13-18)16-2-3-16/h4-5,7-8,10,13-16,23-24H,2-3,6,9,11H2,1H3;5-8,10,12-16,21,24H,2-4,9,11H2,1H3/t15-,23+,24-;15-,21+,24-/m00/s1. The number of carbonyl (C=O) groups excluding carboxylic acids is 2. The van der Waals surface area contributed by atoms with E-state index < -0.39 is 97.6 Å². The first-order valence-electron chi connectivity index (χ1n) is 25.2. The summed E-state index contributed by atoms with van der Waals surface area (Å²) in [6, 6.07) is 8.50. The van der Waals surface area contributed by atoms with Gasteiger partial charge in [0.1, 0.15) is 41.7 Å². The third kappa shape index (κ3) is 12.3. The lowest BCUT2D eigenvalue weighted by Gasteiger charge is -2.26. The van der Waals surface area contributed by atoms with E-state index in [1.807, 2.05) is 0 Å². The first-order chi connectivity index (χ1) is 37.5. The molecule has 4 aliphatic rings. The van der Waals surface area contributed by atoms with Crippen molar-refractivity contribution >= 4 is 31.6 Å². The van der Waals surface area contributed by atoms with Gasteiger partial charge in [-0.2, -0.15) is 27.0 Å². The molecule has 79 heavy (non-hydrogen) atoms. The summed E-state index contributed by atoms with van der Waals surface area (Å²) < 4.78 is 164. The number of hydrogen-bond donors (Lipinski definition) is 0. The molecule has 25 heteroatoms. The summed E-state index contributed by atoms with van der Waals surface area (Å²) in [5.41, 5.74) is 2.70. The minimum Gasteiger partial charge on any atom is -0.298 e. The number of rotatable bonds is 16. The molecule has 414 valence electrons. The van der Waals surface area contributed by atoms with Crippen LogP contribution in [0.2, 0.25) is 0 Å². The number of aromatic nitrogens is 6. The lowest BCUT2D eigenvalue weighted by Crippen LogP contribution is -2.44. The first kappa shape index (κ1) is 56.7. The van der Waals surface area contributed by atoms with Gasteiger partial charge in [-0.25, -0.2) is 58.7 Å². The average molecular weight is 1140 g/mol. The average Bonchev–Trinajstić information content (AvgIpc) is 4.58. The van der Waals surface area contributed by atoms with Crippen LogP contribution in [0.5, 0.6) is 0 Å². The Bertz CT molecular complexity index is 3530. The molecular formula is C54H49F8N9O6S2. The number of alkyl halides is 5. The van der Waals surface area contributed by atoms with Gasteiger partial charge in [0.05, 0.1) is 57.1 Å². The Morgan fingerprint density at radius 3 is 1.61 bits per heavy atom. The van der Waals surface area contributed by atoms with Gasteiger partial charge in [-0.15, -0.1) is 0 Å². The highest BCUT2D eigenvalue weighted by molar-refractivity contribution is 7.89. The van der Waals surface area contributed by atoms with Gasteiger partial charge in [0, 0.05) is 84.7 Å². The van der Waals surface area contributed by atoms with Crippen molar-refractivity contribution in [3.63, 3.8) is 0 Å². The summed E-state index contributed by atoms with van der Waals surface area (Å²) >= 11 is 0. The highest BCUT2D eigenvalue weighted by Gasteiger charge is 2.50. The molecule has 0 radical (unpaired) electrons. The van der Waals surface area contributed by atoms with Crippen LogP contribution < -0.4 is 0 Å². The van der Waals surface area contributed by atoms with Crippen LogP contribution in [0.4, 0.5) is 35.1 Å². The lowest BCUT2D eigenvalue weighted by atomic mass is 9.96. The molecule has 15 nitrogen and oxygen atoms in total. The van der Waals surface area contributed by atoms with Gasteiger partial charge in [0.25, 0.3) is 0 Å². The fourth-order valence-electron chi connectivity index (χ4n) is 9.74. The summed E-state index contributed by atoms with van der Waals surface area (Å²) in [4.78, 5) is 50.1. The molecule has 4 aromatic heterocycles. The Balaban J connectivity index is 0.000000193. The van der Waals surface area contributed by atoms with Crippen LogP contribution in [0.3, 0.4) is 0 Å². The zero-order chi connectivity index (χ0) is 56.7. The third-order valence-corrected chi connectivity index (χ3v) is 18.4. The van der Waals surface area contributed by atoms with E-state index >= 15 is 0 Å². The molecule has 4 fully saturated rings. The Labute approximate surface area is 449 Å². The van der Waals surface area contributed by atoms with Crippen molar-refractivity contribution in [2.75, 3.05) is 0 Å². The maximum atomic E-state index is 14.8. The number of nitrogens with zero attached hydrogens (tertiary/aromatic N) is 9. The number of carbonyl (C=O) groups is 2. The summed E-state index contributed by atoms with van der Waals surface area (Å²) in [5.74, 6) is -3.13. The van der Waals surface area contributed by atoms with Crippen molar-refractivity contribution in [3.8, 4) is 28.5 Å². The lowest BCUT2D eigenvalue weighted by molar-refractivity contribution is -0.145. The van der Waals surface area contributed by atoms with E-state index in [0.717, 1.165) is 107 Å². The van der Waals surface area contributed by atoms with E-state index in [9.17, 15) is 66.8 Å². The molecule has 2 saturated heterocycles. The Morgan fingerprint density at radius 2 is 1.14 bits per heavy atom. The van der Waals surface area contributed by atoms with Crippen LogP contribution in [0, 0.1) is 28.8 Å². The molecule has 0 N–H and O–H groups in total. The van der Waals surface area contributed by atoms with Crippen molar-refractivity contribution in [1.29, 1.82) is 5.26 Å². The number of pyridine rings is 2. The number of aryl methyl sites for hydroxylation is 2. The van der Waals surface area contributed by atoms with Gasteiger partial charge in [-0.05, 0) is 119 Å². The molecule has 0 spiro atoms. The minimum atomic E-state index is -4.74. The summed E-state index contributed by atoms with van der Waals surface area (Å²) in [7, 11) is -8.59. The molecule has 2 aromatic carbocycles. The predicted molar refractivity (Wildman–Crippen MR) is 267 cm³/mol. The van der Waals surface area contributed by atoms with Crippen molar-refractivity contribution in [3.05, 3.63) is 143 Å². The Kier molecular flexibility index (Phi) is 16.2. The topological polar surface area (TPSA) is 210 Å². The third-order valence-electron chi connectivity index (χ3n) is 14.4. The smallest absolute Gasteiger partial charge is 0.298 e. The first-order valence-corrected chi connectivity index (χ1v) is 28.1. The van der Waals surface area contributed by atoms with Crippen molar-refractivity contribution in [1.82, 2.24) is 38.5 Å². The second-order valence-electron chi connectivity index (χ2n) is 19.9. The van der Waals surface area contributed by atoms with E-state index in [-0.39, 0.29) is 76.5 Å². The minimum absolute atomic E-state index is 0.00498. The molecular weight excluding hydrogens is 1090 g/mol. The molecule has 6 heterocycles. The van der Waals surface area contributed by atoms with Gasteiger partial charge in [0.2, 0.25) is 25.9 Å². The molecule has 2 aliphatic heterocycles. The number of Topliss-reactive ketones (excluding diaryl/α,β-unsaturated/α-hetero) is 2. The molecule has 0 unspecified atom stereocenters. The molecule has 0 amide bonds. The zero-order valence-corrected chi connectivity index (χ0v) is 43.8. The maximum Gasteiger partial charge on any atom is 0.451 e. The molecule has 0 bridgehead atoms. The summed E-state index contributed by atoms with van der Waals surface area (Å²) in [6.45, 7) is 2.76. The molecule has 2 saturated carbocycles. The van der Waals surface area contributed by atoms with Gasteiger partial charge in [0.15, 0.2) is 11.6 Å². The van der Waals surface area contributed by atoms with Crippen molar-refractivity contribution < 1.29 is 61.5 Å². The van der Waals surface area contributed by atoms with Gasteiger partial charge < -0.3 is 0 Å². The molecule has 2 aliphatic carbocycles. The van der Waals surface area contributed by atoms with Gasteiger partial charge >= 0.3 is 6.18 Å². The predicted octanol–water partition coefficient (Wildman–Crippen LogP) is 9.52. The van der Waals surface area contributed by atoms with E-state index in [4.69, 9.17) is 0 Å². The van der Waals surface area contributed by atoms with Gasteiger partial charge in [-0.3, -0.25) is 19.6 Å². The quantitative estimate of drug-likeness (QED) is 0.0828. The second kappa shape index (κ2) is 22.6. The summed E-state index contributed by atoms with van der Waals surface area (Å²) in [6.07, 6.45) is 0.968. The maximum absolute atomic E-state index is 14.8. The number of halogens is 8. The summed E-state index contributed by atoms with van der Waals surface area (Å²) in [5, 5.41) is 9.85.